The SMILES string of the molecule is Cc1ccc(S(=O)(=O)n2cc(Cl)c3ncccc32)cc1. The van der Waals surface area contributed by atoms with E-state index in [1.165, 1.54) is 10.2 Å². The molecule has 0 N–H and O–H groups in total. The number of hydrogen-bond acceptors (Lipinski definition) is 3. The molecular weight excluding hydrogens is 296 g/mol. The molecule has 0 atom stereocenters. The van der Waals surface area contributed by atoms with E-state index in [1.807, 2.05) is 6.92 Å². The van der Waals surface area contributed by atoms with Gasteiger partial charge in [-0.05, 0) is 31.2 Å². The van der Waals surface area contributed by atoms with E-state index in [-0.39, 0.29) is 4.90 Å². The smallest absolute Gasteiger partial charge is 0.253 e. The van der Waals surface area contributed by atoms with Gasteiger partial charge in [-0.2, -0.15) is 0 Å². The molecule has 0 aliphatic carbocycles. The maximum Gasteiger partial charge on any atom is 0.268 e. The van der Waals surface area contributed by atoms with Crippen LogP contribution >= 0.6 is 11.6 Å². The Balaban J connectivity index is 2.27. The largest absolute Gasteiger partial charge is 0.268 e. The van der Waals surface area contributed by atoms with Crippen LogP contribution in [0.25, 0.3) is 11.0 Å². The summed E-state index contributed by atoms with van der Waals surface area (Å²) in [5.41, 5.74) is 1.95. The maximum absolute atomic E-state index is 12.6. The molecule has 3 aromatic rings. The summed E-state index contributed by atoms with van der Waals surface area (Å²) >= 11 is 6.05. The second kappa shape index (κ2) is 4.61. The van der Waals surface area contributed by atoms with Crippen LogP contribution in [0.4, 0.5) is 0 Å². The van der Waals surface area contributed by atoms with Gasteiger partial charge in [0.15, 0.2) is 0 Å². The second-order valence-electron chi connectivity index (χ2n) is 4.46. The monoisotopic (exact) mass is 306 g/mol. The molecule has 20 heavy (non-hydrogen) atoms. The molecule has 0 spiro atoms. The van der Waals surface area contributed by atoms with E-state index >= 15 is 0 Å². The van der Waals surface area contributed by atoms with Crippen molar-refractivity contribution in [3.63, 3.8) is 0 Å². The summed E-state index contributed by atoms with van der Waals surface area (Å²) in [5, 5.41) is 0.316. The summed E-state index contributed by atoms with van der Waals surface area (Å²) in [6.07, 6.45) is 2.96. The molecule has 0 saturated carbocycles. The lowest BCUT2D eigenvalue weighted by Gasteiger charge is -2.07. The van der Waals surface area contributed by atoms with Crippen molar-refractivity contribution >= 4 is 32.7 Å². The summed E-state index contributed by atoms with van der Waals surface area (Å²) < 4.78 is 26.5. The van der Waals surface area contributed by atoms with E-state index < -0.39 is 10.0 Å². The fraction of sp³-hybridized carbons (Fsp3) is 0.0714. The van der Waals surface area contributed by atoms with Crippen molar-refractivity contribution in [3.05, 3.63) is 59.4 Å². The molecule has 0 aliphatic heterocycles. The van der Waals surface area contributed by atoms with Crippen molar-refractivity contribution in [1.29, 1.82) is 0 Å². The highest BCUT2D eigenvalue weighted by molar-refractivity contribution is 7.90. The molecule has 1 aromatic carbocycles. The number of aromatic nitrogens is 2. The number of halogens is 1. The van der Waals surface area contributed by atoms with Gasteiger partial charge < -0.3 is 0 Å². The van der Waals surface area contributed by atoms with Gasteiger partial charge in [0.05, 0.1) is 15.4 Å². The van der Waals surface area contributed by atoms with Crippen molar-refractivity contribution in [2.75, 3.05) is 0 Å². The van der Waals surface area contributed by atoms with Gasteiger partial charge in [-0.3, -0.25) is 4.98 Å². The third-order valence-electron chi connectivity index (χ3n) is 3.06. The second-order valence-corrected chi connectivity index (χ2v) is 6.68. The zero-order valence-corrected chi connectivity index (χ0v) is 12.2. The highest BCUT2D eigenvalue weighted by Crippen LogP contribution is 2.27. The van der Waals surface area contributed by atoms with E-state index in [1.54, 1.807) is 42.6 Å². The van der Waals surface area contributed by atoms with E-state index in [9.17, 15) is 8.42 Å². The molecule has 0 radical (unpaired) electrons. The first-order valence-electron chi connectivity index (χ1n) is 5.94. The average molecular weight is 307 g/mol. The van der Waals surface area contributed by atoms with Gasteiger partial charge in [-0.1, -0.05) is 29.3 Å². The highest BCUT2D eigenvalue weighted by Gasteiger charge is 2.20. The van der Waals surface area contributed by atoms with Crippen LogP contribution in [-0.4, -0.2) is 17.4 Å². The highest BCUT2D eigenvalue weighted by atomic mass is 35.5. The molecule has 2 aromatic heterocycles. The molecule has 0 unspecified atom stereocenters. The predicted octanol–water partition coefficient (Wildman–Crippen LogP) is 3.24. The summed E-state index contributed by atoms with van der Waals surface area (Å²) in [6.45, 7) is 1.91. The molecule has 0 fully saturated rings. The minimum absolute atomic E-state index is 0.223. The quantitative estimate of drug-likeness (QED) is 0.730. The number of nitrogens with zero attached hydrogens (tertiary/aromatic N) is 2. The fourth-order valence-corrected chi connectivity index (χ4v) is 3.67. The first-order valence-corrected chi connectivity index (χ1v) is 7.76. The third-order valence-corrected chi connectivity index (χ3v) is 5.02. The van der Waals surface area contributed by atoms with Gasteiger partial charge in [0.2, 0.25) is 0 Å². The van der Waals surface area contributed by atoms with Gasteiger partial charge >= 0.3 is 0 Å². The molecule has 102 valence electrons. The topological polar surface area (TPSA) is 52.0 Å². The number of hydrogen-bond donors (Lipinski definition) is 0. The van der Waals surface area contributed by atoms with Crippen molar-refractivity contribution in [1.82, 2.24) is 8.96 Å². The normalized spacial score (nSPS) is 11.9. The zero-order chi connectivity index (χ0) is 14.3. The van der Waals surface area contributed by atoms with Crippen LogP contribution < -0.4 is 0 Å². The molecule has 6 heteroatoms. The van der Waals surface area contributed by atoms with Gasteiger partial charge in [0, 0.05) is 12.4 Å². The van der Waals surface area contributed by atoms with E-state index in [2.05, 4.69) is 4.98 Å². The van der Waals surface area contributed by atoms with Crippen LogP contribution in [0, 0.1) is 6.92 Å². The zero-order valence-electron chi connectivity index (χ0n) is 10.6. The van der Waals surface area contributed by atoms with Crippen LogP contribution in [0.5, 0.6) is 0 Å². The van der Waals surface area contributed by atoms with Gasteiger partial charge in [-0.15, -0.1) is 0 Å². The van der Waals surface area contributed by atoms with Crippen molar-refractivity contribution in [2.24, 2.45) is 0 Å². The third kappa shape index (κ3) is 1.99. The van der Waals surface area contributed by atoms with E-state index in [4.69, 9.17) is 11.6 Å². The van der Waals surface area contributed by atoms with Crippen molar-refractivity contribution in [3.8, 4) is 0 Å². The van der Waals surface area contributed by atoms with Crippen molar-refractivity contribution in [2.45, 2.75) is 11.8 Å². The minimum Gasteiger partial charge on any atom is -0.253 e. The molecule has 0 saturated heterocycles. The Morgan fingerprint density at radius 2 is 1.85 bits per heavy atom. The van der Waals surface area contributed by atoms with Crippen LogP contribution in [-0.2, 0) is 10.0 Å². The lowest BCUT2D eigenvalue weighted by atomic mass is 10.2. The fourth-order valence-electron chi connectivity index (χ4n) is 2.01. The van der Waals surface area contributed by atoms with E-state index in [0.717, 1.165) is 5.56 Å². The molecule has 0 aliphatic rings. The Labute approximate surface area is 121 Å². The first kappa shape index (κ1) is 13.1. The van der Waals surface area contributed by atoms with Crippen LogP contribution in [0.2, 0.25) is 5.02 Å². The molecule has 0 bridgehead atoms. The van der Waals surface area contributed by atoms with E-state index in [0.29, 0.717) is 16.1 Å². The maximum atomic E-state index is 12.6. The molecule has 2 heterocycles. The Bertz CT molecular complexity index is 883. The number of aryl methyl sites for hydroxylation is 1. The number of rotatable bonds is 2. The Hall–Kier alpha value is -1.85. The van der Waals surface area contributed by atoms with Gasteiger partial charge in [0.1, 0.15) is 5.52 Å². The Kier molecular flexibility index (Phi) is 3.03. The number of fused-ring (bicyclic) bond motifs is 1. The lowest BCUT2D eigenvalue weighted by Crippen LogP contribution is -2.11. The summed E-state index contributed by atoms with van der Waals surface area (Å²) in [6, 6.07) is 10.1. The lowest BCUT2D eigenvalue weighted by molar-refractivity contribution is 0.589. The van der Waals surface area contributed by atoms with Crippen LogP contribution in [0.15, 0.2) is 53.7 Å². The summed E-state index contributed by atoms with van der Waals surface area (Å²) in [4.78, 5) is 4.33. The van der Waals surface area contributed by atoms with Gasteiger partial charge in [-0.25, -0.2) is 12.4 Å². The number of pyridine rings is 1. The number of benzene rings is 1. The van der Waals surface area contributed by atoms with Crippen LogP contribution in [0.1, 0.15) is 5.56 Å². The van der Waals surface area contributed by atoms with Crippen LogP contribution in [0.3, 0.4) is 0 Å². The Morgan fingerprint density at radius 3 is 2.55 bits per heavy atom. The molecule has 3 rings (SSSR count). The molecular formula is C14H11ClN2O2S. The predicted molar refractivity (Wildman–Crippen MR) is 78.5 cm³/mol. The van der Waals surface area contributed by atoms with Gasteiger partial charge in [0.25, 0.3) is 10.0 Å². The molecule has 0 amide bonds. The molecule has 4 nitrogen and oxygen atoms in total. The minimum atomic E-state index is -3.67. The standard InChI is InChI=1S/C14H11ClN2O2S/c1-10-4-6-11(7-5-10)20(18,19)17-9-12(15)14-13(17)3-2-8-16-14/h2-9H,1H3. The van der Waals surface area contributed by atoms with Crippen molar-refractivity contribution < 1.29 is 8.42 Å². The summed E-state index contributed by atoms with van der Waals surface area (Å²) in [5.74, 6) is 0. The summed E-state index contributed by atoms with van der Waals surface area (Å²) in [7, 11) is -3.67. The average Bonchev–Trinajstić information content (AvgIpc) is 2.78. The Morgan fingerprint density at radius 1 is 1.15 bits per heavy atom. The first-order chi connectivity index (χ1) is 9.50.